The van der Waals surface area contributed by atoms with E-state index in [1.807, 2.05) is 26.8 Å². The summed E-state index contributed by atoms with van der Waals surface area (Å²) in [6.07, 6.45) is 0. The van der Waals surface area contributed by atoms with Gasteiger partial charge in [0.2, 0.25) is 0 Å². The smallest absolute Gasteiger partial charge is 0.123 e. The van der Waals surface area contributed by atoms with Crippen molar-refractivity contribution in [2.75, 3.05) is 0 Å². The van der Waals surface area contributed by atoms with Gasteiger partial charge in [0.25, 0.3) is 0 Å². The van der Waals surface area contributed by atoms with Gasteiger partial charge in [-0.05, 0) is 42.3 Å². The predicted molar refractivity (Wildman–Crippen MR) is 64.7 cm³/mol. The minimum Gasteiger partial charge on any atom is -0.207 e. The molecule has 2 aromatic carbocycles. The topological polar surface area (TPSA) is 0 Å². The summed E-state index contributed by atoms with van der Waals surface area (Å²) < 4.78 is 12.9. The molecule has 0 aliphatic rings. The molecule has 80 valence electrons. The Morgan fingerprint density at radius 1 is 0.933 bits per heavy atom. The Hall–Kier alpha value is -1.37. The Kier molecular flexibility index (Phi) is 3.84. The van der Waals surface area contributed by atoms with Crippen molar-refractivity contribution in [3.63, 3.8) is 0 Å². The molecular weight excluding hydrogens is 187 g/mol. The third kappa shape index (κ3) is 2.56. The van der Waals surface area contributed by atoms with Crippen LogP contribution < -0.4 is 0 Å². The average molecular weight is 204 g/mol. The standard InChI is InChI=1S/C12H11F.C2H6/c1-8-5-9(2)12-7-11(13)4-3-10(12)6-8;1-2/h3-7H,1-2H3;1-2H3. The molecule has 2 aromatic rings. The minimum atomic E-state index is -0.167. The summed E-state index contributed by atoms with van der Waals surface area (Å²) in [5, 5.41) is 2.12. The fourth-order valence-electron chi connectivity index (χ4n) is 1.70. The van der Waals surface area contributed by atoms with E-state index in [2.05, 4.69) is 19.1 Å². The third-order valence-corrected chi connectivity index (χ3v) is 2.27. The van der Waals surface area contributed by atoms with Crippen molar-refractivity contribution in [3.05, 3.63) is 47.3 Å². The zero-order valence-corrected chi connectivity index (χ0v) is 9.76. The van der Waals surface area contributed by atoms with Gasteiger partial charge in [-0.3, -0.25) is 0 Å². The number of aryl methyl sites for hydroxylation is 2. The number of fused-ring (bicyclic) bond motifs is 1. The van der Waals surface area contributed by atoms with E-state index in [9.17, 15) is 4.39 Å². The monoisotopic (exact) mass is 204 g/mol. The third-order valence-electron chi connectivity index (χ3n) is 2.27. The first-order valence-electron chi connectivity index (χ1n) is 5.33. The molecule has 0 unspecified atom stereocenters. The summed E-state index contributed by atoms with van der Waals surface area (Å²) >= 11 is 0. The van der Waals surface area contributed by atoms with Crippen LogP contribution in [0.4, 0.5) is 4.39 Å². The van der Waals surface area contributed by atoms with Crippen LogP contribution in [0, 0.1) is 19.7 Å². The van der Waals surface area contributed by atoms with Crippen LogP contribution in [0.15, 0.2) is 30.3 Å². The second-order valence-corrected chi connectivity index (χ2v) is 3.45. The van der Waals surface area contributed by atoms with Gasteiger partial charge in [-0.2, -0.15) is 0 Å². The molecule has 0 amide bonds. The van der Waals surface area contributed by atoms with Crippen LogP contribution in [0.5, 0.6) is 0 Å². The van der Waals surface area contributed by atoms with Crippen LogP contribution in [0.2, 0.25) is 0 Å². The molecule has 0 radical (unpaired) electrons. The number of hydrogen-bond donors (Lipinski definition) is 0. The molecule has 0 saturated carbocycles. The van der Waals surface area contributed by atoms with E-state index in [-0.39, 0.29) is 5.82 Å². The van der Waals surface area contributed by atoms with Gasteiger partial charge in [0.1, 0.15) is 5.82 Å². The predicted octanol–water partition coefficient (Wildman–Crippen LogP) is 4.62. The summed E-state index contributed by atoms with van der Waals surface area (Å²) in [6.45, 7) is 8.06. The summed E-state index contributed by atoms with van der Waals surface area (Å²) in [7, 11) is 0. The summed E-state index contributed by atoms with van der Waals surface area (Å²) in [5.41, 5.74) is 2.35. The quantitative estimate of drug-likeness (QED) is 0.587. The van der Waals surface area contributed by atoms with E-state index in [4.69, 9.17) is 0 Å². The van der Waals surface area contributed by atoms with Gasteiger partial charge >= 0.3 is 0 Å². The molecule has 0 heterocycles. The Morgan fingerprint density at radius 3 is 2.27 bits per heavy atom. The maximum absolute atomic E-state index is 12.9. The molecule has 0 fully saturated rings. The van der Waals surface area contributed by atoms with Crippen LogP contribution in [0.3, 0.4) is 0 Å². The van der Waals surface area contributed by atoms with E-state index in [1.54, 1.807) is 6.07 Å². The first-order valence-corrected chi connectivity index (χ1v) is 5.33. The second-order valence-electron chi connectivity index (χ2n) is 3.45. The van der Waals surface area contributed by atoms with Gasteiger partial charge in [-0.1, -0.05) is 37.6 Å². The van der Waals surface area contributed by atoms with Crippen molar-refractivity contribution in [1.29, 1.82) is 0 Å². The lowest BCUT2D eigenvalue weighted by molar-refractivity contribution is 0.629. The molecular formula is C14H17F. The van der Waals surface area contributed by atoms with E-state index in [0.717, 1.165) is 16.3 Å². The lowest BCUT2D eigenvalue weighted by Crippen LogP contribution is -1.82. The first kappa shape index (κ1) is 11.7. The molecule has 0 aromatic heterocycles. The van der Waals surface area contributed by atoms with Gasteiger partial charge in [-0.15, -0.1) is 0 Å². The Balaban J connectivity index is 0.000000531. The maximum atomic E-state index is 12.9. The molecule has 0 saturated heterocycles. The molecule has 0 bridgehead atoms. The summed E-state index contributed by atoms with van der Waals surface area (Å²) in [4.78, 5) is 0. The van der Waals surface area contributed by atoms with Gasteiger partial charge in [0.15, 0.2) is 0 Å². The summed E-state index contributed by atoms with van der Waals surface area (Å²) in [6, 6.07) is 9.06. The molecule has 0 N–H and O–H groups in total. The molecule has 1 heteroatoms. The van der Waals surface area contributed by atoms with Crippen LogP contribution in [0.25, 0.3) is 10.8 Å². The maximum Gasteiger partial charge on any atom is 0.123 e. The van der Waals surface area contributed by atoms with Gasteiger partial charge in [0.05, 0.1) is 0 Å². The van der Waals surface area contributed by atoms with Gasteiger partial charge in [0, 0.05) is 0 Å². The number of hydrogen-bond acceptors (Lipinski definition) is 0. The van der Waals surface area contributed by atoms with Crippen molar-refractivity contribution < 1.29 is 4.39 Å². The normalized spacial score (nSPS) is 9.67. The van der Waals surface area contributed by atoms with Crippen molar-refractivity contribution in [2.24, 2.45) is 0 Å². The highest BCUT2D eigenvalue weighted by atomic mass is 19.1. The highest BCUT2D eigenvalue weighted by molar-refractivity contribution is 5.86. The molecule has 0 atom stereocenters. The van der Waals surface area contributed by atoms with E-state index in [0.29, 0.717) is 0 Å². The van der Waals surface area contributed by atoms with E-state index in [1.165, 1.54) is 11.6 Å². The van der Waals surface area contributed by atoms with Gasteiger partial charge in [-0.25, -0.2) is 4.39 Å². The molecule has 2 rings (SSSR count). The fourth-order valence-corrected chi connectivity index (χ4v) is 1.70. The van der Waals surface area contributed by atoms with Crippen molar-refractivity contribution in [1.82, 2.24) is 0 Å². The Bertz CT molecular complexity index is 458. The lowest BCUT2D eigenvalue weighted by Gasteiger charge is -2.03. The van der Waals surface area contributed by atoms with Crippen molar-refractivity contribution >= 4 is 10.8 Å². The van der Waals surface area contributed by atoms with Crippen LogP contribution in [0.1, 0.15) is 25.0 Å². The number of benzene rings is 2. The highest BCUT2D eigenvalue weighted by Crippen LogP contribution is 2.21. The second kappa shape index (κ2) is 4.92. The van der Waals surface area contributed by atoms with Crippen LogP contribution in [-0.4, -0.2) is 0 Å². The SMILES string of the molecule is CC.Cc1cc(C)c2cc(F)ccc2c1. The minimum absolute atomic E-state index is 0.167. The number of halogens is 1. The molecule has 0 nitrogen and oxygen atoms in total. The zero-order valence-electron chi connectivity index (χ0n) is 9.76. The lowest BCUT2D eigenvalue weighted by atomic mass is 10.0. The van der Waals surface area contributed by atoms with Gasteiger partial charge < -0.3 is 0 Å². The van der Waals surface area contributed by atoms with Crippen LogP contribution in [-0.2, 0) is 0 Å². The summed E-state index contributed by atoms with van der Waals surface area (Å²) in [5.74, 6) is -0.167. The molecule has 0 spiro atoms. The first-order chi connectivity index (χ1) is 7.16. The van der Waals surface area contributed by atoms with Crippen molar-refractivity contribution in [2.45, 2.75) is 27.7 Å². The van der Waals surface area contributed by atoms with E-state index < -0.39 is 0 Å². The Morgan fingerprint density at radius 2 is 1.60 bits per heavy atom. The fraction of sp³-hybridized carbons (Fsp3) is 0.286. The highest BCUT2D eigenvalue weighted by Gasteiger charge is 1.99. The molecule has 15 heavy (non-hydrogen) atoms. The average Bonchev–Trinajstić information content (AvgIpc) is 2.22. The molecule has 0 aliphatic carbocycles. The zero-order chi connectivity index (χ0) is 11.4. The van der Waals surface area contributed by atoms with E-state index >= 15 is 0 Å². The van der Waals surface area contributed by atoms with Crippen LogP contribution >= 0.6 is 0 Å². The Labute approximate surface area is 90.7 Å². The van der Waals surface area contributed by atoms with Crippen molar-refractivity contribution in [3.8, 4) is 0 Å². The largest absolute Gasteiger partial charge is 0.207 e. The number of rotatable bonds is 0. The molecule has 0 aliphatic heterocycles.